The smallest absolute Gasteiger partial charge is 0.230 e. The van der Waals surface area contributed by atoms with Crippen molar-refractivity contribution in [2.45, 2.75) is 53.4 Å². The SMILES string of the molecule is CCCCS(=O)(=O)N1CCC(C(=O)N(CC)c2cc(C)cc(C)c2)CC1. The molecule has 0 saturated carbocycles. The topological polar surface area (TPSA) is 57.7 Å². The minimum atomic E-state index is -3.18. The molecule has 0 bridgehead atoms. The molecule has 1 amide bonds. The third-order valence-corrected chi connectivity index (χ3v) is 7.01. The van der Waals surface area contributed by atoms with Gasteiger partial charge in [0.2, 0.25) is 15.9 Å². The van der Waals surface area contributed by atoms with Gasteiger partial charge in [-0.15, -0.1) is 0 Å². The average molecular weight is 381 g/mol. The van der Waals surface area contributed by atoms with Crippen molar-refractivity contribution in [3.8, 4) is 0 Å². The number of sulfonamides is 1. The number of nitrogens with zero attached hydrogens (tertiary/aromatic N) is 2. The van der Waals surface area contributed by atoms with Crippen LogP contribution in [-0.4, -0.2) is 44.0 Å². The summed E-state index contributed by atoms with van der Waals surface area (Å²) in [5, 5.41) is 0. The molecule has 146 valence electrons. The van der Waals surface area contributed by atoms with Gasteiger partial charge in [-0.25, -0.2) is 12.7 Å². The maximum Gasteiger partial charge on any atom is 0.230 e. The maximum atomic E-state index is 13.0. The molecule has 1 aliphatic rings. The second-order valence-electron chi connectivity index (χ2n) is 7.27. The summed E-state index contributed by atoms with van der Waals surface area (Å²) in [6.07, 6.45) is 2.77. The van der Waals surface area contributed by atoms with E-state index in [1.54, 1.807) is 4.31 Å². The lowest BCUT2D eigenvalue weighted by molar-refractivity contribution is -0.123. The number of hydrogen-bond donors (Lipinski definition) is 0. The van der Waals surface area contributed by atoms with Crippen molar-refractivity contribution in [3.63, 3.8) is 0 Å². The molecule has 5 nitrogen and oxygen atoms in total. The highest BCUT2D eigenvalue weighted by molar-refractivity contribution is 7.89. The Bertz CT molecular complexity index is 702. The zero-order chi connectivity index (χ0) is 19.3. The van der Waals surface area contributed by atoms with Gasteiger partial charge in [0, 0.05) is 31.2 Å². The second-order valence-corrected chi connectivity index (χ2v) is 9.36. The van der Waals surface area contributed by atoms with Crippen molar-refractivity contribution in [1.82, 2.24) is 4.31 Å². The number of anilines is 1. The molecule has 1 fully saturated rings. The van der Waals surface area contributed by atoms with Crippen molar-refractivity contribution >= 4 is 21.6 Å². The Hall–Kier alpha value is -1.40. The van der Waals surface area contributed by atoms with Gasteiger partial charge in [-0.2, -0.15) is 0 Å². The van der Waals surface area contributed by atoms with Crippen LogP contribution in [0.5, 0.6) is 0 Å². The number of aryl methyl sites for hydroxylation is 2. The van der Waals surface area contributed by atoms with E-state index in [4.69, 9.17) is 0 Å². The molecule has 0 radical (unpaired) electrons. The molecule has 1 saturated heterocycles. The Morgan fingerprint density at radius 3 is 2.19 bits per heavy atom. The molecule has 1 aliphatic heterocycles. The quantitative estimate of drug-likeness (QED) is 0.727. The van der Waals surface area contributed by atoms with Crippen LogP contribution in [0.2, 0.25) is 0 Å². The van der Waals surface area contributed by atoms with Crippen LogP contribution < -0.4 is 4.90 Å². The summed E-state index contributed by atoms with van der Waals surface area (Å²) in [7, 11) is -3.18. The van der Waals surface area contributed by atoms with E-state index < -0.39 is 10.0 Å². The lowest BCUT2D eigenvalue weighted by atomic mass is 9.96. The van der Waals surface area contributed by atoms with E-state index in [-0.39, 0.29) is 17.6 Å². The van der Waals surface area contributed by atoms with Gasteiger partial charge in [-0.05, 0) is 63.3 Å². The van der Waals surface area contributed by atoms with Crippen molar-refractivity contribution in [2.75, 3.05) is 30.3 Å². The molecule has 6 heteroatoms. The van der Waals surface area contributed by atoms with Crippen LogP contribution in [-0.2, 0) is 14.8 Å². The zero-order valence-corrected chi connectivity index (χ0v) is 17.3. The van der Waals surface area contributed by atoms with Crippen molar-refractivity contribution in [2.24, 2.45) is 5.92 Å². The summed E-state index contributed by atoms with van der Waals surface area (Å²) in [6, 6.07) is 6.18. The fourth-order valence-electron chi connectivity index (χ4n) is 3.63. The first kappa shape index (κ1) is 20.9. The Labute approximate surface area is 158 Å². The average Bonchev–Trinajstić information content (AvgIpc) is 2.60. The van der Waals surface area contributed by atoms with Gasteiger partial charge in [-0.3, -0.25) is 4.79 Å². The third-order valence-electron chi connectivity index (χ3n) is 5.05. The van der Waals surface area contributed by atoms with Gasteiger partial charge in [0.05, 0.1) is 5.75 Å². The fourth-order valence-corrected chi connectivity index (χ4v) is 5.31. The van der Waals surface area contributed by atoms with Crippen molar-refractivity contribution in [3.05, 3.63) is 29.3 Å². The summed E-state index contributed by atoms with van der Waals surface area (Å²) < 4.78 is 26.2. The first-order chi connectivity index (χ1) is 12.3. The largest absolute Gasteiger partial charge is 0.312 e. The van der Waals surface area contributed by atoms with Crippen LogP contribution in [0.4, 0.5) is 5.69 Å². The van der Waals surface area contributed by atoms with E-state index in [1.807, 2.05) is 44.7 Å². The second kappa shape index (κ2) is 9.00. The molecule has 0 unspecified atom stereocenters. The van der Waals surface area contributed by atoms with Crippen LogP contribution in [0, 0.1) is 19.8 Å². The molecule has 1 heterocycles. The van der Waals surface area contributed by atoms with Crippen LogP contribution >= 0.6 is 0 Å². The van der Waals surface area contributed by atoms with Crippen LogP contribution in [0.1, 0.15) is 50.7 Å². The monoisotopic (exact) mass is 380 g/mol. The predicted octanol–water partition coefficient (Wildman–Crippen LogP) is 3.50. The molecule has 0 atom stereocenters. The van der Waals surface area contributed by atoms with Crippen LogP contribution in [0.25, 0.3) is 0 Å². The van der Waals surface area contributed by atoms with Crippen molar-refractivity contribution in [1.29, 1.82) is 0 Å². The molecular formula is C20H32N2O3S. The molecule has 2 rings (SSSR count). The molecule has 0 spiro atoms. The van der Waals surface area contributed by atoms with Gasteiger partial charge in [0.15, 0.2) is 0 Å². The maximum absolute atomic E-state index is 13.0. The normalized spacial score (nSPS) is 16.6. The number of hydrogen-bond acceptors (Lipinski definition) is 3. The number of piperidine rings is 1. The Morgan fingerprint density at radius 1 is 1.12 bits per heavy atom. The first-order valence-electron chi connectivity index (χ1n) is 9.66. The Morgan fingerprint density at radius 2 is 1.69 bits per heavy atom. The summed E-state index contributed by atoms with van der Waals surface area (Å²) in [6.45, 7) is 9.58. The highest BCUT2D eigenvalue weighted by Crippen LogP contribution is 2.26. The summed E-state index contributed by atoms with van der Waals surface area (Å²) in [5.74, 6) is 0.225. The van der Waals surface area contributed by atoms with E-state index in [0.717, 1.165) is 23.2 Å². The third kappa shape index (κ3) is 5.07. The van der Waals surface area contributed by atoms with Crippen molar-refractivity contribution < 1.29 is 13.2 Å². The molecule has 1 aromatic rings. The number of unbranched alkanes of at least 4 members (excludes halogenated alkanes) is 1. The van der Waals surface area contributed by atoms with Gasteiger partial charge in [0.1, 0.15) is 0 Å². The molecule has 0 aliphatic carbocycles. The summed E-state index contributed by atoms with van der Waals surface area (Å²) in [4.78, 5) is 14.9. The minimum Gasteiger partial charge on any atom is -0.312 e. The standard InChI is InChI=1S/C20H32N2O3S/c1-5-7-12-26(24,25)21-10-8-18(9-11-21)20(23)22(6-2)19-14-16(3)13-17(4)15-19/h13-15,18H,5-12H2,1-4H3. The summed E-state index contributed by atoms with van der Waals surface area (Å²) in [5.41, 5.74) is 3.22. The zero-order valence-electron chi connectivity index (χ0n) is 16.5. The molecule has 1 aromatic carbocycles. The van der Waals surface area contributed by atoms with E-state index in [1.165, 1.54) is 0 Å². The lowest BCUT2D eigenvalue weighted by Crippen LogP contribution is -2.45. The van der Waals surface area contributed by atoms with Gasteiger partial charge in [-0.1, -0.05) is 19.4 Å². The first-order valence-corrected chi connectivity index (χ1v) is 11.3. The predicted molar refractivity (Wildman–Crippen MR) is 107 cm³/mol. The van der Waals surface area contributed by atoms with E-state index in [2.05, 4.69) is 6.07 Å². The van der Waals surface area contributed by atoms with Crippen LogP contribution in [0.3, 0.4) is 0 Å². The molecular weight excluding hydrogens is 348 g/mol. The molecule has 0 N–H and O–H groups in total. The minimum absolute atomic E-state index is 0.103. The molecule has 26 heavy (non-hydrogen) atoms. The number of amides is 1. The number of rotatable bonds is 7. The van der Waals surface area contributed by atoms with Gasteiger partial charge in [0.25, 0.3) is 0 Å². The fraction of sp³-hybridized carbons (Fsp3) is 0.650. The highest BCUT2D eigenvalue weighted by atomic mass is 32.2. The number of carbonyl (C=O) groups excluding carboxylic acids is 1. The Kier molecular flexibility index (Phi) is 7.24. The van der Waals surface area contributed by atoms with Gasteiger partial charge < -0.3 is 4.90 Å². The van der Waals surface area contributed by atoms with E-state index in [9.17, 15) is 13.2 Å². The Balaban J connectivity index is 2.04. The number of carbonyl (C=O) groups is 1. The highest BCUT2D eigenvalue weighted by Gasteiger charge is 2.32. The van der Waals surface area contributed by atoms with Crippen LogP contribution in [0.15, 0.2) is 18.2 Å². The molecule has 0 aromatic heterocycles. The van der Waals surface area contributed by atoms with Gasteiger partial charge >= 0.3 is 0 Å². The summed E-state index contributed by atoms with van der Waals surface area (Å²) >= 11 is 0. The van der Waals surface area contributed by atoms with E-state index in [0.29, 0.717) is 38.9 Å². The number of benzene rings is 1. The van der Waals surface area contributed by atoms with E-state index >= 15 is 0 Å². The lowest BCUT2D eigenvalue weighted by Gasteiger charge is -2.33.